The van der Waals surface area contributed by atoms with Gasteiger partial charge in [-0.2, -0.15) is 8.78 Å². The number of amides is 1. The molecule has 2 aromatic carbocycles. The Morgan fingerprint density at radius 3 is 2.00 bits per heavy atom. The van der Waals surface area contributed by atoms with Gasteiger partial charge in [-0.05, 0) is 22.7 Å². The molecule has 2 aromatic rings. The van der Waals surface area contributed by atoms with E-state index in [1.165, 1.54) is 12.1 Å². The van der Waals surface area contributed by atoms with E-state index in [-0.39, 0.29) is 6.61 Å². The number of hydrogen-bond donors (Lipinski definition) is 1. The summed E-state index contributed by atoms with van der Waals surface area (Å²) in [6, 6.07) is 16.6. The van der Waals surface area contributed by atoms with Crippen LogP contribution in [0.2, 0.25) is 0 Å². The highest BCUT2D eigenvalue weighted by atomic mass is 35.5. The molecule has 1 N–H and O–H groups in total. The van der Waals surface area contributed by atoms with E-state index in [4.69, 9.17) is 16.3 Å². The van der Waals surface area contributed by atoms with Crippen molar-refractivity contribution in [3.8, 4) is 0 Å². The van der Waals surface area contributed by atoms with Gasteiger partial charge < -0.3 is 9.47 Å². The van der Waals surface area contributed by atoms with E-state index >= 15 is 0 Å². The topological polar surface area (TPSA) is 64.6 Å². The number of nitrogens with one attached hydrogen (secondary N) is 1. The second-order valence-corrected chi connectivity index (χ2v) is 6.22. The van der Waals surface area contributed by atoms with E-state index < -0.39 is 29.4 Å². The van der Waals surface area contributed by atoms with Crippen molar-refractivity contribution in [1.82, 2.24) is 5.32 Å². The summed E-state index contributed by atoms with van der Waals surface area (Å²) in [6.45, 7) is -0.164. The molecule has 0 aliphatic carbocycles. The predicted octanol–water partition coefficient (Wildman–Crippen LogP) is 3.90. The fourth-order valence-corrected chi connectivity index (χ4v) is 2.66. The van der Waals surface area contributed by atoms with Crippen LogP contribution in [0, 0.1) is 0 Å². The van der Waals surface area contributed by atoms with Crippen LogP contribution in [0.15, 0.2) is 60.7 Å². The van der Waals surface area contributed by atoms with Crippen molar-refractivity contribution in [3.63, 3.8) is 0 Å². The minimum atomic E-state index is -4.14. The summed E-state index contributed by atoms with van der Waals surface area (Å²) >= 11 is 5.24. The Morgan fingerprint density at radius 2 is 1.52 bits per heavy atom. The summed E-state index contributed by atoms with van der Waals surface area (Å²) in [5, 5.41) is -2.21. The van der Waals surface area contributed by atoms with Gasteiger partial charge in [0.05, 0.1) is 7.11 Å². The summed E-state index contributed by atoms with van der Waals surface area (Å²) in [6.07, 6.45) is -1.81. The molecule has 0 aliphatic heterocycles. The maximum Gasteiger partial charge on any atom is 0.408 e. The highest BCUT2D eigenvalue weighted by Crippen LogP contribution is 2.37. The molecular weight excluding hydrogens is 380 g/mol. The van der Waals surface area contributed by atoms with Crippen LogP contribution < -0.4 is 5.32 Å². The lowest BCUT2D eigenvalue weighted by atomic mass is 9.90. The fraction of sp³-hybridized carbons (Fsp3) is 0.263. The number of alkyl halides is 3. The first-order valence-electron chi connectivity index (χ1n) is 7.96. The van der Waals surface area contributed by atoms with Crippen LogP contribution >= 0.6 is 11.6 Å². The highest BCUT2D eigenvalue weighted by Gasteiger charge is 2.61. The second-order valence-electron chi connectivity index (χ2n) is 5.74. The monoisotopic (exact) mass is 397 g/mol. The molecule has 2 rings (SSSR count). The summed E-state index contributed by atoms with van der Waals surface area (Å²) < 4.78 is 38.0. The molecular formula is C19H18ClF2NO4. The summed E-state index contributed by atoms with van der Waals surface area (Å²) in [5.41, 5.74) is -1.83. The van der Waals surface area contributed by atoms with Crippen LogP contribution in [0.5, 0.6) is 0 Å². The van der Waals surface area contributed by atoms with E-state index in [0.29, 0.717) is 11.1 Å². The van der Waals surface area contributed by atoms with Crippen LogP contribution in [0.3, 0.4) is 0 Å². The number of rotatable bonds is 7. The van der Waals surface area contributed by atoms with Crippen LogP contribution in [0.4, 0.5) is 13.6 Å². The van der Waals surface area contributed by atoms with E-state index in [1.54, 1.807) is 48.5 Å². The largest absolute Gasteiger partial charge is 0.467 e. The minimum absolute atomic E-state index is 0.164. The van der Waals surface area contributed by atoms with Gasteiger partial charge in [0.2, 0.25) is 5.54 Å². The Labute approximate surface area is 160 Å². The van der Waals surface area contributed by atoms with Gasteiger partial charge in [0.25, 0.3) is 0 Å². The van der Waals surface area contributed by atoms with Gasteiger partial charge in [-0.25, -0.2) is 9.59 Å². The molecule has 1 atom stereocenters. The molecule has 0 bridgehead atoms. The molecule has 0 aliphatic rings. The number of hydrogen-bond acceptors (Lipinski definition) is 4. The predicted molar refractivity (Wildman–Crippen MR) is 95.5 cm³/mol. The van der Waals surface area contributed by atoms with Crippen LogP contribution in [-0.4, -0.2) is 30.1 Å². The average molecular weight is 398 g/mol. The third kappa shape index (κ3) is 5.17. The number of carbonyl (C=O) groups is 2. The number of methoxy groups -OCH3 is 1. The first kappa shape index (κ1) is 20.6. The van der Waals surface area contributed by atoms with Crippen molar-refractivity contribution in [2.24, 2.45) is 0 Å². The molecule has 0 saturated heterocycles. The van der Waals surface area contributed by atoms with Crippen molar-refractivity contribution in [2.45, 2.75) is 23.9 Å². The van der Waals surface area contributed by atoms with Gasteiger partial charge in [0.15, 0.2) is 0 Å². The lowest BCUT2D eigenvalue weighted by molar-refractivity contribution is -0.159. The zero-order valence-electron chi connectivity index (χ0n) is 14.5. The lowest BCUT2D eigenvalue weighted by Gasteiger charge is -2.34. The molecule has 8 heteroatoms. The molecule has 1 amide bonds. The normalized spacial score (nSPS) is 13.3. The van der Waals surface area contributed by atoms with Crippen molar-refractivity contribution in [1.29, 1.82) is 0 Å². The van der Waals surface area contributed by atoms with Gasteiger partial charge in [0, 0.05) is 6.42 Å². The van der Waals surface area contributed by atoms with Gasteiger partial charge in [-0.3, -0.25) is 5.32 Å². The van der Waals surface area contributed by atoms with Crippen molar-refractivity contribution in [3.05, 3.63) is 71.8 Å². The van der Waals surface area contributed by atoms with E-state index in [2.05, 4.69) is 4.74 Å². The molecule has 27 heavy (non-hydrogen) atoms. The Balaban J connectivity index is 2.25. The van der Waals surface area contributed by atoms with Crippen LogP contribution in [-0.2, 0) is 27.3 Å². The molecule has 0 aromatic heterocycles. The molecule has 0 heterocycles. The fourth-order valence-electron chi connectivity index (χ4n) is 2.46. The zero-order chi connectivity index (χ0) is 19.9. The third-order valence-electron chi connectivity index (χ3n) is 3.86. The van der Waals surface area contributed by atoms with Crippen molar-refractivity contribution < 1.29 is 27.8 Å². The smallest absolute Gasteiger partial charge is 0.408 e. The number of esters is 1. The Morgan fingerprint density at radius 1 is 1.00 bits per heavy atom. The summed E-state index contributed by atoms with van der Waals surface area (Å²) in [7, 11) is 0.932. The number of carbonyl (C=O) groups excluding carboxylic acids is 2. The maximum absolute atomic E-state index is 14.3. The molecule has 0 radical (unpaired) electrons. The Hall–Kier alpha value is -2.67. The second kappa shape index (κ2) is 8.81. The Bertz CT molecular complexity index is 768. The zero-order valence-corrected chi connectivity index (χ0v) is 15.2. The molecule has 0 saturated carbocycles. The standard InChI is InChI=1S/C19H18ClF2NO4/c1-26-16(24)18(19(20,21)22,12-14-8-4-2-5-9-14)23-17(25)27-13-15-10-6-3-7-11-15/h2-11H,12-13H2,1H3,(H,23,25). The summed E-state index contributed by atoms with van der Waals surface area (Å²) in [5.74, 6) is -1.39. The van der Waals surface area contributed by atoms with Crippen molar-refractivity contribution in [2.75, 3.05) is 7.11 Å². The first-order valence-corrected chi connectivity index (χ1v) is 8.34. The Kier molecular flexibility index (Phi) is 6.74. The van der Waals surface area contributed by atoms with E-state index in [9.17, 15) is 18.4 Å². The molecule has 0 fully saturated rings. The van der Waals surface area contributed by atoms with Gasteiger partial charge in [-0.15, -0.1) is 0 Å². The van der Waals surface area contributed by atoms with E-state index in [1.807, 2.05) is 5.32 Å². The number of alkyl carbamates (subject to hydrolysis) is 1. The maximum atomic E-state index is 14.3. The molecule has 1 unspecified atom stereocenters. The lowest BCUT2D eigenvalue weighted by Crippen LogP contribution is -2.65. The molecule has 144 valence electrons. The molecule has 5 nitrogen and oxygen atoms in total. The average Bonchev–Trinajstić information content (AvgIpc) is 2.66. The van der Waals surface area contributed by atoms with Gasteiger partial charge >= 0.3 is 17.4 Å². The quantitative estimate of drug-likeness (QED) is 0.568. The number of benzene rings is 2. The first-order chi connectivity index (χ1) is 12.8. The minimum Gasteiger partial charge on any atom is -0.467 e. The number of ether oxygens (including phenoxy) is 2. The highest BCUT2D eigenvalue weighted by molar-refractivity contribution is 6.24. The summed E-state index contributed by atoms with van der Waals surface area (Å²) in [4.78, 5) is 24.4. The van der Waals surface area contributed by atoms with Crippen LogP contribution in [0.1, 0.15) is 11.1 Å². The van der Waals surface area contributed by atoms with Crippen molar-refractivity contribution >= 4 is 23.7 Å². The van der Waals surface area contributed by atoms with Gasteiger partial charge in [0.1, 0.15) is 6.61 Å². The van der Waals surface area contributed by atoms with E-state index in [0.717, 1.165) is 7.11 Å². The molecule has 0 spiro atoms. The van der Waals surface area contributed by atoms with Gasteiger partial charge in [-0.1, -0.05) is 60.7 Å². The third-order valence-corrected chi connectivity index (χ3v) is 4.18. The number of halogens is 3. The SMILES string of the molecule is COC(=O)C(Cc1ccccc1)(NC(=O)OCc1ccccc1)C(F)(F)Cl. The van der Waals surface area contributed by atoms with Crippen LogP contribution in [0.25, 0.3) is 0 Å².